The summed E-state index contributed by atoms with van der Waals surface area (Å²) in [6.07, 6.45) is 20.7. The first-order valence-corrected chi connectivity index (χ1v) is 12.2. The monoisotopic (exact) mass is 395 g/mol. The molecule has 0 aromatic carbocycles. The molecule has 0 aromatic rings. The number of amidine groups is 2. The van der Waals surface area contributed by atoms with E-state index in [9.17, 15) is 0 Å². The SMILES string of the molecule is C1CCC(N=C2[Se]C(=NC3CCCCC3)N2C2CCCCC2)CC1. The van der Waals surface area contributed by atoms with E-state index in [-0.39, 0.29) is 0 Å². The second-order valence-electron chi connectivity index (χ2n) is 8.17. The first-order valence-electron chi connectivity index (χ1n) is 10.5. The van der Waals surface area contributed by atoms with E-state index in [1.807, 2.05) is 0 Å². The molecule has 1 aliphatic heterocycles. The second-order valence-corrected chi connectivity index (χ2v) is 10.1. The third kappa shape index (κ3) is 4.07. The maximum absolute atomic E-state index is 5.23. The molecule has 0 amide bonds. The third-order valence-electron chi connectivity index (χ3n) is 6.27. The molecule has 3 saturated carbocycles. The quantitative estimate of drug-likeness (QED) is 0.637. The molecular formula is C20H33N3Se. The van der Waals surface area contributed by atoms with Crippen LogP contribution < -0.4 is 0 Å². The molecule has 0 bridgehead atoms. The first kappa shape index (κ1) is 17.1. The van der Waals surface area contributed by atoms with Crippen molar-refractivity contribution in [2.75, 3.05) is 0 Å². The van der Waals surface area contributed by atoms with Gasteiger partial charge in [-0.15, -0.1) is 0 Å². The molecule has 4 aliphatic rings. The fraction of sp³-hybridized carbons (Fsp3) is 0.900. The van der Waals surface area contributed by atoms with Crippen LogP contribution >= 0.6 is 0 Å². The van der Waals surface area contributed by atoms with Crippen LogP contribution in [-0.4, -0.2) is 47.5 Å². The standard InChI is InChI=1S/C20H33N3Se/c1-4-10-16(11-5-1)21-19-23(18-14-8-3-9-15-18)20(24-19)22-17-12-6-2-7-13-17/h16-18H,1-15H2. The van der Waals surface area contributed by atoms with Crippen LogP contribution in [0.1, 0.15) is 96.3 Å². The van der Waals surface area contributed by atoms with Gasteiger partial charge in [-0.1, -0.05) is 0 Å². The van der Waals surface area contributed by atoms with Crippen LogP contribution in [0.25, 0.3) is 0 Å². The Morgan fingerprint density at radius 2 is 1.00 bits per heavy atom. The molecular weight excluding hydrogens is 361 g/mol. The van der Waals surface area contributed by atoms with Crippen molar-refractivity contribution in [3.05, 3.63) is 0 Å². The van der Waals surface area contributed by atoms with Gasteiger partial charge >= 0.3 is 154 Å². The molecule has 1 heterocycles. The molecule has 0 radical (unpaired) electrons. The van der Waals surface area contributed by atoms with Gasteiger partial charge in [0.15, 0.2) is 0 Å². The molecule has 3 aliphatic carbocycles. The Morgan fingerprint density at radius 1 is 0.583 bits per heavy atom. The van der Waals surface area contributed by atoms with E-state index in [4.69, 9.17) is 9.98 Å². The minimum absolute atomic E-state index is 0.437. The van der Waals surface area contributed by atoms with Crippen LogP contribution in [0.15, 0.2) is 9.98 Å². The van der Waals surface area contributed by atoms with Gasteiger partial charge < -0.3 is 0 Å². The summed E-state index contributed by atoms with van der Waals surface area (Å²) in [5, 5.41) is 0. The Labute approximate surface area is 153 Å². The fourth-order valence-electron chi connectivity index (χ4n) is 4.78. The van der Waals surface area contributed by atoms with Gasteiger partial charge in [0.05, 0.1) is 0 Å². The number of nitrogens with zero attached hydrogens (tertiary/aromatic N) is 3. The summed E-state index contributed by atoms with van der Waals surface area (Å²) in [6.45, 7) is 0. The van der Waals surface area contributed by atoms with Crippen molar-refractivity contribution < 1.29 is 0 Å². The Hall–Kier alpha value is -0.341. The molecule has 0 N–H and O–H groups in total. The molecule has 134 valence electrons. The molecule has 0 unspecified atom stereocenters. The molecule has 0 atom stereocenters. The zero-order valence-corrected chi connectivity index (χ0v) is 16.8. The predicted molar refractivity (Wildman–Crippen MR) is 103 cm³/mol. The number of aliphatic imine (C=N–C) groups is 2. The van der Waals surface area contributed by atoms with E-state index >= 15 is 0 Å². The van der Waals surface area contributed by atoms with Crippen molar-refractivity contribution in [2.24, 2.45) is 9.98 Å². The van der Waals surface area contributed by atoms with Crippen molar-refractivity contribution in [1.29, 1.82) is 0 Å². The van der Waals surface area contributed by atoms with Crippen molar-refractivity contribution in [3.8, 4) is 0 Å². The van der Waals surface area contributed by atoms with E-state index in [0.29, 0.717) is 27.0 Å². The fourth-order valence-corrected chi connectivity index (χ4v) is 7.10. The zero-order chi connectivity index (χ0) is 16.2. The van der Waals surface area contributed by atoms with Gasteiger partial charge in [-0.3, -0.25) is 0 Å². The Bertz CT molecular complexity index is 435. The van der Waals surface area contributed by atoms with Gasteiger partial charge in [0.1, 0.15) is 0 Å². The summed E-state index contributed by atoms with van der Waals surface area (Å²) in [5.74, 6) is 0. The van der Waals surface area contributed by atoms with Crippen LogP contribution in [-0.2, 0) is 0 Å². The summed E-state index contributed by atoms with van der Waals surface area (Å²) < 4.78 is 2.91. The van der Waals surface area contributed by atoms with Gasteiger partial charge in [0.2, 0.25) is 0 Å². The van der Waals surface area contributed by atoms with Crippen LogP contribution in [0, 0.1) is 0 Å². The molecule has 0 aromatic heterocycles. The summed E-state index contributed by atoms with van der Waals surface area (Å²) in [5.41, 5.74) is 0. The van der Waals surface area contributed by atoms with E-state index in [0.717, 1.165) is 6.04 Å². The van der Waals surface area contributed by atoms with Gasteiger partial charge in [-0.05, 0) is 0 Å². The van der Waals surface area contributed by atoms with Crippen LogP contribution in [0.2, 0.25) is 0 Å². The van der Waals surface area contributed by atoms with Crippen molar-refractivity contribution >= 4 is 24.4 Å². The van der Waals surface area contributed by atoms with Crippen LogP contribution in [0.5, 0.6) is 0 Å². The number of hydrogen-bond acceptors (Lipinski definition) is 2. The average molecular weight is 394 g/mol. The third-order valence-corrected chi connectivity index (χ3v) is 8.30. The van der Waals surface area contributed by atoms with Crippen LogP contribution in [0.4, 0.5) is 0 Å². The Balaban J connectivity index is 1.47. The molecule has 3 nitrogen and oxygen atoms in total. The van der Waals surface area contributed by atoms with E-state index in [1.165, 1.54) is 106 Å². The first-order chi connectivity index (χ1) is 11.9. The summed E-state index contributed by atoms with van der Waals surface area (Å²) in [4.78, 5) is 13.1. The minimum atomic E-state index is 0.437. The van der Waals surface area contributed by atoms with Gasteiger partial charge in [0.25, 0.3) is 0 Å². The van der Waals surface area contributed by atoms with Gasteiger partial charge in [0, 0.05) is 0 Å². The van der Waals surface area contributed by atoms with E-state index < -0.39 is 0 Å². The van der Waals surface area contributed by atoms with Crippen molar-refractivity contribution in [3.63, 3.8) is 0 Å². The molecule has 24 heavy (non-hydrogen) atoms. The normalized spacial score (nSPS) is 31.6. The van der Waals surface area contributed by atoms with Gasteiger partial charge in [-0.25, -0.2) is 0 Å². The average Bonchev–Trinajstić information content (AvgIpc) is 2.63. The van der Waals surface area contributed by atoms with Crippen LogP contribution in [0.3, 0.4) is 0 Å². The molecule has 4 heteroatoms. The molecule has 1 saturated heterocycles. The molecule has 4 fully saturated rings. The zero-order valence-electron chi connectivity index (χ0n) is 15.1. The Morgan fingerprint density at radius 3 is 1.46 bits per heavy atom. The topological polar surface area (TPSA) is 28.0 Å². The summed E-state index contributed by atoms with van der Waals surface area (Å²) in [6, 6.07) is 1.97. The van der Waals surface area contributed by atoms with Gasteiger partial charge in [-0.2, -0.15) is 0 Å². The molecule has 0 spiro atoms. The second kappa shape index (κ2) is 8.36. The predicted octanol–water partition coefficient (Wildman–Crippen LogP) is 4.72. The summed E-state index contributed by atoms with van der Waals surface area (Å²) in [7, 11) is 0. The van der Waals surface area contributed by atoms with Crippen molar-refractivity contribution in [1.82, 2.24) is 4.90 Å². The number of rotatable bonds is 3. The summed E-state index contributed by atoms with van der Waals surface area (Å²) >= 11 is 0.437. The van der Waals surface area contributed by atoms with E-state index in [2.05, 4.69) is 4.90 Å². The van der Waals surface area contributed by atoms with Crippen molar-refractivity contribution in [2.45, 2.75) is 114 Å². The molecule has 4 rings (SSSR count). The maximum atomic E-state index is 5.23. The Kier molecular flexibility index (Phi) is 5.95. The van der Waals surface area contributed by atoms with E-state index in [1.54, 1.807) is 0 Å². The number of hydrogen-bond donors (Lipinski definition) is 0.